The summed E-state index contributed by atoms with van der Waals surface area (Å²) < 4.78 is 7.10. The summed E-state index contributed by atoms with van der Waals surface area (Å²) in [6.07, 6.45) is 2.93. The summed E-state index contributed by atoms with van der Waals surface area (Å²) in [6.45, 7) is 3.22. The Balaban J connectivity index is 1.86. The van der Waals surface area contributed by atoms with Gasteiger partial charge in [0.1, 0.15) is 0 Å². The molecule has 7 nitrogen and oxygen atoms in total. The Morgan fingerprint density at radius 2 is 1.96 bits per heavy atom. The number of aromatic nitrogens is 2. The van der Waals surface area contributed by atoms with Gasteiger partial charge in [-0.3, -0.25) is 9.59 Å². The van der Waals surface area contributed by atoms with E-state index in [1.54, 1.807) is 15.8 Å². The highest BCUT2D eigenvalue weighted by molar-refractivity contribution is 5.95. The highest BCUT2D eigenvalue weighted by atomic mass is 16.5. The van der Waals surface area contributed by atoms with Gasteiger partial charge in [0, 0.05) is 25.8 Å². The Kier molecular flexibility index (Phi) is 5.68. The van der Waals surface area contributed by atoms with Gasteiger partial charge >= 0.3 is 5.97 Å². The summed E-state index contributed by atoms with van der Waals surface area (Å²) in [7, 11) is 0. The van der Waals surface area contributed by atoms with Crippen LogP contribution in [-0.4, -0.2) is 57.5 Å². The fourth-order valence-electron chi connectivity index (χ4n) is 3.27. The van der Waals surface area contributed by atoms with Gasteiger partial charge in [0.25, 0.3) is 5.91 Å². The maximum atomic E-state index is 13.2. The average molecular weight is 357 g/mol. The SMILES string of the molecule is Cc1c(C(=O)N(CCC(=O)O)C2CCOCC2)cnn1-c1ccccc1. The fraction of sp³-hybridized carbons (Fsp3) is 0.421. The van der Waals surface area contributed by atoms with Crippen LogP contribution in [0.15, 0.2) is 36.5 Å². The molecule has 1 saturated heterocycles. The summed E-state index contributed by atoms with van der Waals surface area (Å²) in [4.78, 5) is 25.9. The Morgan fingerprint density at radius 1 is 1.27 bits per heavy atom. The van der Waals surface area contributed by atoms with Gasteiger partial charge in [-0.25, -0.2) is 4.68 Å². The molecule has 0 aliphatic carbocycles. The first-order chi connectivity index (χ1) is 12.6. The molecule has 138 valence electrons. The van der Waals surface area contributed by atoms with Crippen LogP contribution in [0.4, 0.5) is 0 Å². The van der Waals surface area contributed by atoms with Gasteiger partial charge < -0.3 is 14.7 Å². The summed E-state index contributed by atoms with van der Waals surface area (Å²) >= 11 is 0. The van der Waals surface area contributed by atoms with Crippen LogP contribution < -0.4 is 0 Å². The van der Waals surface area contributed by atoms with Crippen LogP contribution in [0.5, 0.6) is 0 Å². The molecule has 7 heteroatoms. The predicted octanol–water partition coefficient (Wildman–Crippen LogP) is 2.28. The molecule has 1 aromatic carbocycles. The Morgan fingerprint density at radius 3 is 2.62 bits per heavy atom. The summed E-state index contributed by atoms with van der Waals surface area (Å²) in [6, 6.07) is 9.60. The third kappa shape index (κ3) is 3.94. The van der Waals surface area contributed by atoms with E-state index in [1.807, 2.05) is 37.3 Å². The van der Waals surface area contributed by atoms with Crippen molar-refractivity contribution in [3.05, 3.63) is 47.8 Å². The van der Waals surface area contributed by atoms with E-state index in [9.17, 15) is 9.59 Å². The van der Waals surface area contributed by atoms with Crippen LogP contribution in [0.2, 0.25) is 0 Å². The molecule has 0 atom stereocenters. The minimum atomic E-state index is -0.911. The number of nitrogens with zero attached hydrogens (tertiary/aromatic N) is 3. The van der Waals surface area contributed by atoms with Crippen LogP contribution >= 0.6 is 0 Å². The van der Waals surface area contributed by atoms with Crippen molar-refractivity contribution < 1.29 is 19.4 Å². The molecule has 0 saturated carbocycles. The summed E-state index contributed by atoms with van der Waals surface area (Å²) in [5.41, 5.74) is 2.13. The molecule has 26 heavy (non-hydrogen) atoms. The standard InChI is InChI=1S/C19H23N3O4/c1-14-17(13-20-22(14)16-5-3-2-4-6-16)19(25)21(10-7-18(23)24)15-8-11-26-12-9-15/h2-6,13,15H,7-12H2,1H3,(H,23,24). The Hall–Kier alpha value is -2.67. The molecule has 0 radical (unpaired) electrons. The second-order valence-electron chi connectivity index (χ2n) is 6.38. The second-order valence-corrected chi connectivity index (χ2v) is 6.38. The van der Waals surface area contributed by atoms with Crippen LogP contribution in [-0.2, 0) is 9.53 Å². The lowest BCUT2D eigenvalue weighted by Gasteiger charge is -2.34. The van der Waals surface area contributed by atoms with E-state index in [4.69, 9.17) is 9.84 Å². The van der Waals surface area contributed by atoms with E-state index < -0.39 is 5.97 Å². The number of benzene rings is 1. The van der Waals surface area contributed by atoms with Crippen LogP contribution in [0.3, 0.4) is 0 Å². The Bertz CT molecular complexity index is 766. The summed E-state index contributed by atoms with van der Waals surface area (Å²) in [5.74, 6) is -1.08. The van der Waals surface area contributed by atoms with Crippen LogP contribution in [0, 0.1) is 6.92 Å². The van der Waals surface area contributed by atoms with Gasteiger partial charge in [0.05, 0.1) is 29.6 Å². The van der Waals surface area contributed by atoms with Crippen molar-refractivity contribution >= 4 is 11.9 Å². The number of carboxylic acid groups (broad SMARTS) is 1. The number of hydrogen-bond acceptors (Lipinski definition) is 4. The minimum absolute atomic E-state index is 0.00456. The second kappa shape index (κ2) is 8.14. The van der Waals surface area contributed by atoms with Gasteiger partial charge in [-0.15, -0.1) is 0 Å². The third-order valence-electron chi connectivity index (χ3n) is 4.70. The molecule has 1 aliphatic heterocycles. The maximum Gasteiger partial charge on any atom is 0.305 e. The van der Waals surface area contributed by atoms with Gasteiger partial charge in [0.2, 0.25) is 0 Å². The number of carboxylic acids is 1. The predicted molar refractivity (Wildman–Crippen MR) is 95.4 cm³/mol. The normalized spacial score (nSPS) is 15.0. The monoisotopic (exact) mass is 357 g/mol. The topological polar surface area (TPSA) is 84.7 Å². The zero-order valence-electron chi connectivity index (χ0n) is 14.8. The number of aliphatic carboxylic acids is 1. The number of rotatable bonds is 6. The van der Waals surface area contributed by atoms with E-state index in [1.165, 1.54) is 0 Å². The van der Waals surface area contributed by atoms with Crippen LogP contribution in [0.25, 0.3) is 5.69 Å². The van der Waals surface area contributed by atoms with Crippen molar-refractivity contribution in [2.45, 2.75) is 32.2 Å². The Labute approximate surface area is 152 Å². The number of carbonyl (C=O) groups is 2. The number of para-hydroxylation sites is 1. The molecule has 0 bridgehead atoms. The molecule has 1 amide bonds. The lowest BCUT2D eigenvalue weighted by atomic mass is 10.0. The molecular formula is C19H23N3O4. The molecule has 0 unspecified atom stereocenters. The van der Waals surface area contributed by atoms with E-state index in [0.717, 1.165) is 24.2 Å². The van der Waals surface area contributed by atoms with Crippen molar-refractivity contribution in [1.82, 2.24) is 14.7 Å². The van der Waals surface area contributed by atoms with Gasteiger partial charge in [-0.05, 0) is 31.9 Å². The largest absolute Gasteiger partial charge is 0.481 e. The molecule has 1 aromatic heterocycles. The van der Waals surface area contributed by atoms with E-state index >= 15 is 0 Å². The molecular weight excluding hydrogens is 334 g/mol. The maximum absolute atomic E-state index is 13.2. The van der Waals surface area contributed by atoms with Crippen molar-refractivity contribution in [3.63, 3.8) is 0 Å². The zero-order valence-corrected chi connectivity index (χ0v) is 14.8. The number of amides is 1. The van der Waals surface area contributed by atoms with Crippen molar-refractivity contribution in [2.75, 3.05) is 19.8 Å². The van der Waals surface area contributed by atoms with Gasteiger partial charge in [-0.2, -0.15) is 5.10 Å². The first-order valence-electron chi connectivity index (χ1n) is 8.78. The van der Waals surface area contributed by atoms with E-state index in [0.29, 0.717) is 18.8 Å². The van der Waals surface area contributed by atoms with E-state index in [-0.39, 0.29) is 24.9 Å². The van der Waals surface area contributed by atoms with Crippen LogP contribution in [0.1, 0.15) is 35.3 Å². The lowest BCUT2D eigenvalue weighted by Crippen LogP contribution is -2.44. The summed E-state index contributed by atoms with van der Waals surface area (Å²) in [5, 5.41) is 13.4. The molecule has 1 N–H and O–H groups in total. The molecule has 1 fully saturated rings. The molecule has 3 rings (SSSR count). The minimum Gasteiger partial charge on any atom is -0.481 e. The zero-order chi connectivity index (χ0) is 18.5. The van der Waals surface area contributed by atoms with E-state index in [2.05, 4.69) is 5.10 Å². The molecule has 2 heterocycles. The van der Waals surface area contributed by atoms with Gasteiger partial charge in [0.15, 0.2) is 0 Å². The van der Waals surface area contributed by atoms with Gasteiger partial charge in [-0.1, -0.05) is 18.2 Å². The fourth-order valence-corrected chi connectivity index (χ4v) is 3.27. The molecule has 0 spiro atoms. The highest BCUT2D eigenvalue weighted by Gasteiger charge is 2.29. The smallest absolute Gasteiger partial charge is 0.305 e. The first kappa shape index (κ1) is 18.1. The van der Waals surface area contributed by atoms with Crippen molar-refractivity contribution in [2.24, 2.45) is 0 Å². The van der Waals surface area contributed by atoms with Crippen molar-refractivity contribution in [1.29, 1.82) is 0 Å². The van der Waals surface area contributed by atoms with Crippen molar-refractivity contribution in [3.8, 4) is 5.69 Å². The highest BCUT2D eigenvalue weighted by Crippen LogP contribution is 2.21. The number of ether oxygens (including phenoxy) is 1. The first-order valence-corrected chi connectivity index (χ1v) is 8.78. The average Bonchev–Trinajstić information content (AvgIpc) is 3.04. The number of hydrogen-bond donors (Lipinski definition) is 1. The quantitative estimate of drug-likeness (QED) is 0.857. The molecule has 2 aromatic rings. The number of carbonyl (C=O) groups excluding carboxylic acids is 1. The third-order valence-corrected chi connectivity index (χ3v) is 4.70. The molecule has 1 aliphatic rings. The lowest BCUT2D eigenvalue weighted by molar-refractivity contribution is -0.137.